The van der Waals surface area contributed by atoms with E-state index < -0.39 is 0 Å². The molecule has 0 aliphatic carbocycles. The lowest BCUT2D eigenvalue weighted by Gasteiger charge is -2.35. The Morgan fingerprint density at radius 2 is 2.00 bits per heavy atom. The molecular weight excluding hydrogens is 414 g/mol. The highest BCUT2D eigenvalue weighted by Crippen LogP contribution is 2.27. The molecule has 7 heteroatoms. The van der Waals surface area contributed by atoms with Crippen LogP contribution in [0.1, 0.15) is 36.9 Å². The van der Waals surface area contributed by atoms with Gasteiger partial charge in [-0.05, 0) is 44.0 Å². The minimum Gasteiger partial charge on any atom is -0.369 e. The van der Waals surface area contributed by atoms with E-state index in [0.717, 1.165) is 34.6 Å². The molecule has 0 N–H and O–H groups in total. The number of morpholine rings is 1. The molecule has 174 valence electrons. The molecule has 1 atom stereocenters. The number of amides is 1. The molecule has 1 amide bonds. The largest absolute Gasteiger partial charge is 0.369 e. The van der Waals surface area contributed by atoms with Gasteiger partial charge in [0.15, 0.2) is 0 Å². The summed E-state index contributed by atoms with van der Waals surface area (Å²) in [6.45, 7) is 9.10. The Bertz CT molecular complexity index is 1080. The molecule has 33 heavy (non-hydrogen) atoms. The maximum Gasteiger partial charge on any atom is 0.237 e. The summed E-state index contributed by atoms with van der Waals surface area (Å²) < 4.78 is 7.88. The highest BCUT2D eigenvalue weighted by molar-refractivity contribution is 5.78. The first-order valence-electron chi connectivity index (χ1n) is 11.5. The van der Waals surface area contributed by atoms with Gasteiger partial charge in [-0.1, -0.05) is 30.3 Å². The normalized spacial score (nSPS) is 16.8. The van der Waals surface area contributed by atoms with Crippen molar-refractivity contribution >= 4 is 5.91 Å². The van der Waals surface area contributed by atoms with Crippen LogP contribution in [0.5, 0.6) is 0 Å². The second-order valence-corrected chi connectivity index (χ2v) is 9.02. The van der Waals surface area contributed by atoms with Crippen molar-refractivity contribution in [2.45, 2.75) is 39.5 Å². The fourth-order valence-corrected chi connectivity index (χ4v) is 4.24. The number of carbonyl (C=O) groups excluding carboxylic acids is 1. The quantitative estimate of drug-likeness (QED) is 0.554. The molecule has 0 spiro atoms. The van der Waals surface area contributed by atoms with E-state index in [2.05, 4.69) is 48.1 Å². The molecule has 0 bridgehead atoms. The topological polar surface area (TPSA) is 63.5 Å². The van der Waals surface area contributed by atoms with Gasteiger partial charge in [0.1, 0.15) is 6.10 Å². The van der Waals surface area contributed by atoms with Gasteiger partial charge in [-0.2, -0.15) is 5.10 Å². The first kappa shape index (κ1) is 23.1. The summed E-state index contributed by atoms with van der Waals surface area (Å²) in [5, 5.41) is 4.28. The Labute approximate surface area is 196 Å². The molecule has 1 saturated heterocycles. The van der Waals surface area contributed by atoms with Crippen LogP contribution in [0, 0.1) is 6.92 Å². The zero-order chi connectivity index (χ0) is 23.4. The zero-order valence-electron chi connectivity index (χ0n) is 19.9. The molecule has 0 radical (unpaired) electrons. The average Bonchev–Trinajstić information content (AvgIpc) is 3.24. The highest BCUT2D eigenvalue weighted by Gasteiger charge is 2.27. The lowest BCUT2D eigenvalue weighted by Crippen LogP contribution is -2.47. The lowest BCUT2D eigenvalue weighted by molar-refractivity contribution is -0.136. The van der Waals surface area contributed by atoms with Crippen molar-refractivity contribution in [3.63, 3.8) is 0 Å². The molecule has 1 aliphatic heterocycles. The van der Waals surface area contributed by atoms with Gasteiger partial charge in [0.25, 0.3) is 0 Å². The van der Waals surface area contributed by atoms with E-state index in [1.807, 2.05) is 49.5 Å². The number of aryl methyl sites for hydroxylation is 2. The molecule has 3 aromatic rings. The summed E-state index contributed by atoms with van der Waals surface area (Å²) >= 11 is 0. The van der Waals surface area contributed by atoms with Crippen LogP contribution in [0.4, 0.5) is 0 Å². The van der Waals surface area contributed by atoms with E-state index in [0.29, 0.717) is 26.2 Å². The molecule has 7 nitrogen and oxygen atoms in total. The molecule has 0 saturated carbocycles. The molecule has 1 aromatic carbocycles. The Morgan fingerprint density at radius 1 is 1.21 bits per heavy atom. The lowest BCUT2D eigenvalue weighted by atomic mass is 10.1. The van der Waals surface area contributed by atoms with Crippen LogP contribution >= 0.6 is 0 Å². The number of hydrogen-bond acceptors (Lipinski definition) is 5. The maximum absolute atomic E-state index is 13.2. The standard InChI is InChI=1S/C26H33N5O2/c1-19(2)31(15-21-8-6-5-7-9-21)26(32)18-30-10-11-33-25(17-30)24-13-22(12-20(3)28-24)23-14-27-29(4)16-23/h5-9,12-14,16,19,25H,10-11,15,17-18H2,1-4H3/t25-/m1/s1. The average molecular weight is 448 g/mol. The maximum atomic E-state index is 13.2. The second kappa shape index (κ2) is 10.3. The van der Waals surface area contributed by atoms with E-state index in [-0.39, 0.29) is 18.1 Å². The highest BCUT2D eigenvalue weighted by atomic mass is 16.5. The summed E-state index contributed by atoms with van der Waals surface area (Å²) in [5.41, 5.74) is 5.12. The molecule has 1 fully saturated rings. The van der Waals surface area contributed by atoms with Gasteiger partial charge >= 0.3 is 0 Å². The SMILES string of the molecule is Cc1cc(-c2cnn(C)c2)cc([C@H]2CN(CC(=O)N(Cc3ccccc3)C(C)C)CCO2)n1. The van der Waals surface area contributed by atoms with Crippen LogP contribution in [0.3, 0.4) is 0 Å². The van der Waals surface area contributed by atoms with Crippen LogP contribution in [0.15, 0.2) is 54.9 Å². The second-order valence-electron chi connectivity index (χ2n) is 9.02. The van der Waals surface area contributed by atoms with E-state index in [1.165, 1.54) is 0 Å². The first-order valence-corrected chi connectivity index (χ1v) is 11.5. The van der Waals surface area contributed by atoms with Gasteiger partial charge in [-0.15, -0.1) is 0 Å². The molecule has 1 aliphatic rings. The number of carbonyl (C=O) groups is 1. The van der Waals surface area contributed by atoms with Crippen LogP contribution < -0.4 is 0 Å². The summed E-state index contributed by atoms with van der Waals surface area (Å²) in [7, 11) is 1.91. The summed E-state index contributed by atoms with van der Waals surface area (Å²) in [6.07, 6.45) is 3.69. The van der Waals surface area contributed by atoms with Crippen molar-refractivity contribution in [1.82, 2.24) is 24.6 Å². The number of benzene rings is 1. The zero-order valence-corrected chi connectivity index (χ0v) is 19.9. The van der Waals surface area contributed by atoms with Crippen molar-refractivity contribution in [2.24, 2.45) is 7.05 Å². The Morgan fingerprint density at radius 3 is 2.70 bits per heavy atom. The monoisotopic (exact) mass is 447 g/mol. The van der Waals surface area contributed by atoms with Gasteiger partial charge in [-0.25, -0.2) is 0 Å². The minimum absolute atomic E-state index is 0.134. The van der Waals surface area contributed by atoms with Crippen molar-refractivity contribution in [2.75, 3.05) is 26.2 Å². The van der Waals surface area contributed by atoms with E-state index in [1.54, 1.807) is 4.68 Å². The molecule has 0 unspecified atom stereocenters. The smallest absolute Gasteiger partial charge is 0.237 e. The van der Waals surface area contributed by atoms with Crippen LogP contribution in [-0.2, 0) is 23.1 Å². The fourth-order valence-electron chi connectivity index (χ4n) is 4.24. The number of hydrogen-bond donors (Lipinski definition) is 0. The van der Waals surface area contributed by atoms with Gasteiger partial charge in [0.05, 0.1) is 25.0 Å². The predicted molar refractivity (Wildman–Crippen MR) is 128 cm³/mol. The number of rotatable bonds is 7. The molecule has 4 rings (SSSR count). The third-order valence-electron chi connectivity index (χ3n) is 5.99. The number of nitrogens with zero attached hydrogens (tertiary/aromatic N) is 5. The Kier molecular flexibility index (Phi) is 7.20. The Hall–Kier alpha value is -3.03. The molecule has 3 heterocycles. The first-order chi connectivity index (χ1) is 15.9. The van der Waals surface area contributed by atoms with Crippen molar-refractivity contribution in [3.8, 4) is 11.1 Å². The summed E-state index contributed by atoms with van der Waals surface area (Å²) in [4.78, 5) is 22.1. The number of aromatic nitrogens is 3. The van der Waals surface area contributed by atoms with Crippen molar-refractivity contribution in [3.05, 3.63) is 71.8 Å². The molecular formula is C26H33N5O2. The van der Waals surface area contributed by atoms with Crippen LogP contribution in [0.25, 0.3) is 11.1 Å². The number of pyridine rings is 1. The van der Waals surface area contributed by atoms with Crippen LogP contribution in [0.2, 0.25) is 0 Å². The predicted octanol–water partition coefficient (Wildman–Crippen LogP) is 3.60. The third-order valence-corrected chi connectivity index (χ3v) is 5.99. The van der Waals surface area contributed by atoms with Gasteiger partial charge in [-0.3, -0.25) is 19.4 Å². The Balaban J connectivity index is 1.45. The van der Waals surface area contributed by atoms with E-state index in [4.69, 9.17) is 9.72 Å². The van der Waals surface area contributed by atoms with Gasteiger partial charge in [0.2, 0.25) is 5.91 Å². The van der Waals surface area contributed by atoms with Gasteiger partial charge < -0.3 is 9.64 Å². The van der Waals surface area contributed by atoms with E-state index >= 15 is 0 Å². The van der Waals surface area contributed by atoms with Crippen LogP contribution in [-0.4, -0.2) is 62.8 Å². The van der Waals surface area contributed by atoms with E-state index in [9.17, 15) is 4.79 Å². The summed E-state index contributed by atoms with van der Waals surface area (Å²) in [5.74, 6) is 0.141. The van der Waals surface area contributed by atoms with Crippen molar-refractivity contribution < 1.29 is 9.53 Å². The fraction of sp³-hybridized carbons (Fsp3) is 0.423. The van der Waals surface area contributed by atoms with Crippen molar-refractivity contribution in [1.29, 1.82) is 0 Å². The molecule has 2 aromatic heterocycles. The van der Waals surface area contributed by atoms with Gasteiger partial charge in [0, 0.05) is 50.2 Å². The third kappa shape index (κ3) is 5.86. The summed E-state index contributed by atoms with van der Waals surface area (Å²) in [6, 6.07) is 14.4. The minimum atomic E-state index is -0.163. The number of ether oxygens (including phenoxy) is 1.